The maximum absolute atomic E-state index is 11.5. The highest BCUT2D eigenvalue weighted by Crippen LogP contribution is 2.25. The van der Waals surface area contributed by atoms with Gasteiger partial charge < -0.3 is 9.15 Å². The molecular weight excluding hydrogens is 264 g/mol. The molecule has 0 atom stereocenters. The highest BCUT2D eigenvalue weighted by Gasteiger charge is 2.09. The van der Waals surface area contributed by atoms with Crippen LogP contribution in [0.2, 0.25) is 5.02 Å². The summed E-state index contributed by atoms with van der Waals surface area (Å²) >= 11 is 5.88. The summed E-state index contributed by atoms with van der Waals surface area (Å²) in [7, 11) is 0. The van der Waals surface area contributed by atoms with Crippen LogP contribution in [-0.4, -0.2) is 6.61 Å². The molecule has 0 aliphatic carbocycles. The van der Waals surface area contributed by atoms with Gasteiger partial charge in [-0.05, 0) is 31.0 Å². The number of halogens is 1. The van der Waals surface area contributed by atoms with Crippen molar-refractivity contribution in [2.45, 2.75) is 33.1 Å². The van der Waals surface area contributed by atoms with Gasteiger partial charge in [-0.3, -0.25) is 0 Å². The lowest BCUT2D eigenvalue weighted by molar-refractivity contribution is 0.306. The molecule has 19 heavy (non-hydrogen) atoms. The Bertz CT molecular complexity index is 631. The van der Waals surface area contributed by atoms with Gasteiger partial charge in [0, 0.05) is 11.5 Å². The fraction of sp³-hybridized carbons (Fsp3) is 0.400. The quantitative estimate of drug-likeness (QED) is 0.605. The molecule has 1 aromatic heterocycles. The highest BCUT2D eigenvalue weighted by atomic mass is 35.5. The highest BCUT2D eigenvalue weighted by molar-refractivity contribution is 6.31. The second kappa shape index (κ2) is 6.11. The van der Waals surface area contributed by atoms with Crippen LogP contribution in [0.5, 0.6) is 5.75 Å². The van der Waals surface area contributed by atoms with Gasteiger partial charge in [0.25, 0.3) is 0 Å². The molecule has 0 radical (unpaired) electrons. The van der Waals surface area contributed by atoms with Crippen LogP contribution in [0.1, 0.15) is 31.7 Å². The first kappa shape index (κ1) is 13.9. The molecule has 0 unspecified atom stereocenters. The summed E-state index contributed by atoms with van der Waals surface area (Å²) in [5.74, 6) is 0.716. The molecule has 4 heteroatoms. The average molecular weight is 281 g/mol. The molecule has 2 rings (SSSR count). The predicted octanol–water partition coefficient (Wildman–Crippen LogP) is 4.32. The van der Waals surface area contributed by atoms with Gasteiger partial charge in [-0.2, -0.15) is 0 Å². The zero-order valence-electron chi connectivity index (χ0n) is 11.2. The van der Waals surface area contributed by atoms with Crippen molar-refractivity contribution in [3.05, 3.63) is 39.2 Å². The maximum atomic E-state index is 11.5. The van der Waals surface area contributed by atoms with Gasteiger partial charge in [-0.25, -0.2) is 4.79 Å². The lowest BCUT2D eigenvalue weighted by Crippen LogP contribution is -2.02. The minimum atomic E-state index is -0.505. The van der Waals surface area contributed by atoms with Gasteiger partial charge in [0.15, 0.2) is 0 Å². The Hall–Kier alpha value is -1.48. The Morgan fingerprint density at radius 3 is 2.84 bits per heavy atom. The smallest absolute Gasteiger partial charge is 0.355 e. The van der Waals surface area contributed by atoms with E-state index in [4.69, 9.17) is 20.8 Å². The van der Waals surface area contributed by atoms with Crippen LogP contribution >= 0.6 is 11.6 Å². The van der Waals surface area contributed by atoms with Crippen LogP contribution < -0.4 is 10.4 Å². The standard InChI is InChI=1S/C15H17ClO3/c1-3-4-5-8-18-11-6-7-12-10(2)14(16)15(17)19-13(12)9-11/h6-7,9H,3-5,8H2,1-2H3. The minimum Gasteiger partial charge on any atom is -0.493 e. The van der Waals surface area contributed by atoms with Crippen molar-refractivity contribution < 1.29 is 9.15 Å². The zero-order chi connectivity index (χ0) is 13.8. The number of fused-ring (bicyclic) bond motifs is 1. The molecule has 0 saturated heterocycles. The third-order valence-electron chi connectivity index (χ3n) is 3.08. The number of hydrogen-bond donors (Lipinski definition) is 0. The monoisotopic (exact) mass is 280 g/mol. The van der Waals surface area contributed by atoms with Crippen LogP contribution in [0.25, 0.3) is 11.0 Å². The first-order valence-electron chi connectivity index (χ1n) is 6.49. The van der Waals surface area contributed by atoms with E-state index in [9.17, 15) is 4.79 Å². The SMILES string of the molecule is CCCCCOc1ccc2c(C)c(Cl)c(=O)oc2c1. The van der Waals surface area contributed by atoms with Crippen molar-refractivity contribution in [3.8, 4) is 5.75 Å². The van der Waals surface area contributed by atoms with Gasteiger partial charge in [0.2, 0.25) is 0 Å². The number of rotatable bonds is 5. The molecule has 0 bridgehead atoms. The van der Waals surface area contributed by atoms with E-state index in [0.29, 0.717) is 17.9 Å². The molecular formula is C15H17ClO3. The molecule has 0 fully saturated rings. The van der Waals surface area contributed by atoms with Crippen molar-refractivity contribution in [1.82, 2.24) is 0 Å². The Kier molecular flexibility index (Phi) is 4.48. The van der Waals surface area contributed by atoms with E-state index in [-0.39, 0.29) is 5.02 Å². The van der Waals surface area contributed by atoms with Crippen molar-refractivity contribution in [2.75, 3.05) is 6.61 Å². The second-order valence-corrected chi connectivity index (χ2v) is 4.92. The Morgan fingerprint density at radius 2 is 2.11 bits per heavy atom. The van der Waals surface area contributed by atoms with Gasteiger partial charge in [0.05, 0.1) is 6.61 Å². The van der Waals surface area contributed by atoms with Crippen LogP contribution in [0.4, 0.5) is 0 Å². The number of aryl methyl sites for hydroxylation is 1. The van der Waals surface area contributed by atoms with Gasteiger partial charge >= 0.3 is 5.63 Å². The molecule has 1 heterocycles. The first-order chi connectivity index (χ1) is 9.13. The van der Waals surface area contributed by atoms with E-state index in [2.05, 4.69) is 6.92 Å². The van der Waals surface area contributed by atoms with E-state index >= 15 is 0 Å². The van der Waals surface area contributed by atoms with E-state index in [1.807, 2.05) is 19.1 Å². The normalized spacial score (nSPS) is 10.9. The third-order valence-corrected chi connectivity index (χ3v) is 3.52. The Morgan fingerprint density at radius 1 is 1.32 bits per heavy atom. The number of ether oxygens (including phenoxy) is 1. The van der Waals surface area contributed by atoms with Crippen molar-refractivity contribution in [2.24, 2.45) is 0 Å². The molecule has 0 saturated carbocycles. The largest absolute Gasteiger partial charge is 0.493 e. The first-order valence-corrected chi connectivity index (χ1v) is 6.87. The molecule has 0 N–H and O–H groups in total. The zero-order valence-corrected chi connectivity index (χ0v) is 11.9. The second-order valence-electron chi connectivity index (χ2n) is 4.54. The van der Waals surface area contributed by atoms with Crippen molar-refractivity contribution in [3.63, 3.8) is 0 Å². The van der Waals surface area contributed by atoms with E-state index in [1.165, 1.54) is 0 Å². The lowest BCUT2D eigenvalue weighted by atomic mass is 10.1. The van der Waals surface area contributed by atoms with Gasteiger partial charge in [0.1, 0.15) is 16.4 Å². The fourth-order valence-electron chi connectivity index (χ4n) is 1.94. The molecule has 0 aliphatic rings. The lowest BCUT2D eigenvalue weighted by Gasteiger charge is -2.07. The van der Waals surface area contributed by atoms with Gasteiger partial charge in [-0.15, -0.1) is 0 Å². The summed E-state index contributed by atoms with van der Waals surface area (Å²) in [6.45, 7) is 4.64. The van der Waals surface area contributed by atoms with Crippen LogP contribution in [0, 0.1) is 6.92 Å². The van der Waals surface area contributed by atoms with Crippen LogP contribution in [0.15, 0.2) is 27.4 Å². The van der Waals surface area contributed by atoms with E-state index in [1.54, 1.807) is 6.07 Å². The van der Waals surface area contributed by atoms with E-state index < -0.39 is 5.63 Å². The summed E-state index contributed by atoms with van der Waals surface area (Å²) in [6.07, 6.45) is 3.34. The molecule has 0 amide bonds. The fourth-order valence-corrected chi connectivity index (χ4v) is 2.09. The summed E-state index contributed by atoms with van der Waals surface area (Å²) in [4.78, 5) is 11.5. The summed E-state index contributed by atoms with van der Waals surface area (Å²) in [5, 5.41) is 0.981. The van der Waals surface area contributed by atoms with Gasteiger partial charge in [-0.1, -0.05) is 31.4 Å². The average Bonchev–Trinajstić information content (AvgIpc) is 2.41. The Balaban J connectivity index is 2.26. The molecule has 102 valence electrons. The minimum absolute atomic E-state index is 0.143. The van der Waals surface area contributed by atoms with Crippen molar-refractivity contribution >= 4 is 22.6 Å². The molecule has 0 spiro atoms. The predicted molar refractivity (Wildman–Crippen MR) is 77.3 cm³/mol. The maximum Gasteiger partial charge on any atom is 0.355 e. The molecule has 0 aliphatic heterocycles. The number of unbranched alkanes of at least 4 members (excludes halogenated alkanes) is 2. The number of hydrogen-bond acceptors (Lipinski definition) is 3. The topological polar surface area (TPSA) is 39.4 Å². The Labute approximate surface area is 117 Å². The third kappa shape index (κ3) is 3.10. The summed E-state index contributed by atoms with van der Waals surface area (Å²) < 4.78 is 10.8. The van der Waals surface area contributed by atoms with Crippen LogP contribution in [0.3, 0.4) is 0 Å². The summed E-state index contributed by atoms with van der Waals surface area (Å²) in [5.41, 5.74) is 0.750. The van der Waals surface area contributed by atoms with Crippen LogP contribution in [-0.2, 0) is 0 Å². The molecule has 2 aromatic rings. The van der Waals surface area contributed by atoms with Crippen molar-refractivity contribution in [1.29, 1.82) is 0 Å². The number of benzene rings is 1. The molecule has 3 nitrogen and oxygen atoms in total. The molecule has 1 aromatic carbocycles. The van der Waals surface area contributed by atoms with E-state index in [0.717, 1.165) is 30.2 Å². The summed E-state index contributed by atoms with van der Waals surface area (Å²) in [6, 6.07) is 5.48.